The minimum atomic E-state index is -4.70. The third-order valence-corrected chi connectivity index (χ3v) is 8.21. The lowest BCUT2D eigenvalue weighted by molar-refractivity contribution is -0.137. The molecule has 2 aromatic rings. The molecule has 1 aromatic heterocycles. The van der Waals surface area contributed by atoms with Crippen molar-refractivity contribution in [2.75, 3.05) is 63.1 Å². The number of hydrogen-bond acceptors (Lipinski definition) is 8. The van der Waals surface area contributed by atoms with Crippen molar-refractivity contribution < 1.29 is 32.3 Å². The van der Waals surface area contributed by atoms with Crippen molar-refractivity contribution in [2.24, 2.45) is 5.92 Å². The van der Waals surface area contributed by atoms with Gasteiger partial charge in [0.25, 0.3) is 5.91 Å². The Balaban J connectivity index is 0.00000480. The number of piperazine rings is 1. The molecule has 5 rings (SSSR count). The van der Waals surface area contributed by atoms with E-state index < -0.39 is 29.5 Å². The van der Waals surface area contributed by atoms with Crippen LogP contribution in [0.15, 0.2) is 30.5 Å². The molecule has 1 aromatic carbocycles. The van der Waals surface area contributed by atoms with Crippen LogP contribution in [0.25, 0.3) is 0 Å². The number of hydrogen-bond donors (Lipinski definition) is 3. The largest absolute Gasteiger partial charge is 0.421 e. The van der Waals surface area contributed by atoms with E-state index in [1.54, 1.807) is 39.0 Å². The second kappa shape index (κ2) is 15.0. The summed E-state index contributed by atoms with van der Waals surface area (Å²) < 4.78 is 46.9. The first-order valence-electron chi connectivity index (χ1n) is 15.3. The number of benzene rings is 1. The van der Waals surface area contributed by atoms with Crippen molar-refractivity contribution in [3.05, 3.63) is 41.6 Å². The molecule has 12 nitrogen and oxygen atoms in total. The van der Waals surface area contributed by atoms with E-state index in [-0.39, 0.29) is 37.3 Å². The molecule has 0 spiro atoms. The highest BCUT2D eigenvalue weighted by Crippen LogP contribution is 2.37. The Kier molecular flexibility index (Phi) is 11.3. The van der Waals surface area contributed by atoms with Crippen LogP contribution in [-0.4, -0.2) is 107 Å². The van der Waals surface area contributed by atoms with Gasteiger partial charge in [-0.1, -0.05) is 13.8 Å². The molecule has 3 heterocycles. The van der Waals surface area contributed by atoms with Gasteiger partial charge in [-0.3, -0.25) is 9.59 Å². The van der Waals surface area contributed by atoms with Crippen LogP contribution in [0, 0.1) is 5.92 Å². The Morgan fingerprint density at radius 1 is 0.935 bits per heavy atom. The van der Waals surface area contributed by atoms with E-state index in [1.807, 2.05) is 13.8 Å². The van der Waals surface area contributed by atoms with E-state index in [2.05, 4.69) is 25.9 Å². The van der Waals surface area contributed by atoms with E-state index in [0.29, 0.717) is 83.0 Å². The smallest absolute Gasteiger partial charge is 0.378 e. The predicted molar refractivity (Wildman–Crippen MR) is 167 cm³/mol. The molecule has 4 amide bonds. The normalized spacial score (nSPS) is 20.3. The lowest BCUT2D eigenvalue weighted by atomic mass is 10.0. The predicted octanol–water partition coefficient (Wildman–Crippen LogP) is 4.19. The molecule has 2 saturated heterocycles. The van der Waals surface area contributed by atoms with Crippen LogP contribution in [0.4, 0.5) is 35.4 Å². The van der Waals surface area contributed by atoms with Crippen LogP contribution >= 0.6 is 0 Å². The number of nitrogens with zero attached hydrogens (tertiary/aromatic N) is 5. The number of halogens is 3. The van der Waals surface area contributed by atoms with Gasteiger partial charge >= 0.3 is 12.2 Å². The molecule has 15 heteroatoms. The first kappa shape index (κ1) is 34.7. The second-order valence-electron chi connectivity index (χ2n) is 11.8. The molecule has 46 heavy (non-hydrogen) atoms. The van der Waals surface area contributed by atoms with Gasteiger partial charge in [-0.2, -0.15) is 18.2 Å². The zero-order valence-electron chi connectivity index (χ0n) is 25.4. The first-order valence-corrected chi connectivity index (χ1v) is 15.3. The van der Waals surface area contributed by atoms with Crippen molar-refractivity contribution in [3.63, 3.8) is 0 Å². The van der Waals surface area contributed by atoms with Crippen LogP contribution in [0.1, 0.15) is 56.5 Å². The van der Waals surface area contributed by atoms with E-state index in [9.17, 15) is 27.6 Å². The van der Waals surface area contributed by atoms with Crippen LogP contribution in [-0.2, 0) is 15.7 Å². The fraction of sp³-hybridized carbons (Fsp3) is 0.581. The van der Waals surface area contributed by atoms with Gasteiger partial charge in [0.15, 0.2) is 0 Å². The first-order chi connectivity index (χ1) is 21.5. The van der Waals surface area contributed by atoms with Gasteiger partial charge in [0.2, 0.25) is 11.9 Å². The summed E-state index contributed by atoms with van der Waals surface area (Å²) in [5, 5.41) is 8.64. The van der Waals surface area contributed by atoms with Crippen molar-refractivity contribution in [3.8, 4) is 0 Å². The molecule has 0 unspecified atom stereocenters. The maximum Gasteiger partial charge on any atom is 0.421 e. The molecule has 3 aliphatic rings. The Hall–Kier alpha value is -4.14. The number of aromatic nitrogens is 2. The van der Waals surface area contributed by atoms with E-state index in [1.165, 1.54) is 0 Å². The van der Waals surface area contributed by atoms with Crippen LogP contribution in [0.3, 0.4) is 0 Å². The topological polar surface area (TPSA) is 132 Å². The van der Waals surface area contributed by atoms with E-state index >= 15 is 0 Å². The van der Waals surface area contributed by atoms with Gasteiger partial charge in [-0.25, -0.2) is 9.78 Å². The van der Waals surface area contributed by atoms with Crippen molar-refractivity contribution >= 4 is 35.3 Å². The fourth-order valence-electron chi connectivity index (χ4n) is 5.84. The quantitative estimate of drug-likeness (QED) is 0.408. The zero-order chi connectivity index (χ0) is 32.1. The highest BCUT2D eigenvalue weighted by molar-refractivity contribution is 5.94. The van der Waals surface area contributed by atoms with E-state index in [0.717, 1.165) is 6.20 Å². The number of anilines is 3. The monoisotopic (exact) mass is 648 g/mol. The highest BCUT2D eigenvalue weighted by Gasteiger charge is 2.39. The van der Waals surface area contributed by atoms with Gasteiger partial charge in [0, 0.05) is 68.8 Å². The SMILES string of the molecule is C.CC(C)NC(=O)[C@H]1CCC[C@H]1Nc1nc(Nc2ccc(C(=O)N3CCN(C(=O)N4CCOCC4)CC3)cc2)ncc1C(F)(F)F. The number of amides is 4. The molecule has 3 N–H and O–H groups in total. The molecule has 252 valence electrons. The molecule has 2 aliphatic heterocycles. The third-order valence-electron chi connectivity index (χ3n) is 8.21. The third kappa shape index (κ3) is 8.36. The van der Waals surface area contributed by atoms with E-state index in [4.69, 9.17) is 4.74 Å². The highest BCUT2D eigenvalue weighted by atomic mass is 19.4. The molecular formula is C31H43F3N8O4. The molecule has 1 saturated carbocycles. The Labute approximate surface area is 267 Å². The molecule has 3 fully saturated rings. The standard InChI is InChI=1S/C30H39F3N8O4.CH4/c1-19(2)35-26(42)22-4-3-5-24(22)37-25-23(30(31,32)33)18-34-28(38-25)36-21-8-6-20(7-9-21)27(43)39-10-12-40(13-11-39)29(44)41-14-16-45-17-15-41;/h6-9,18-19,22,24H,3-5,10-17H2,1-2H3,(H,35,42)(H2,34,36,37,38);1H4/t22-,24+;/m0./s1. The minimum Gasteiger partial charge on any atom is -0.378 e. The number of nitrogens with one attached hydrogen (secondary N) is 3. The summed E-state index contributed by atoms with van der Waals surface area (Å²) in [5.41, 5.74) is -0.0972. The summed E-state index contributed by atoms with van der Waals surface area (Å²) in [5.74, 6) is -1.30. The van der Waals surface area contributed by atoms with Crippen molar-refractivity contribution in [1.29, 1.82) is 0 Å². The number of carbonyl (C=O) groups is 3. The van der Waals surface area contributed by atoms with Gasteiger partial charge in [-0.15, -0.1) is 0 Å². The summed E-state index contributed by atoms with van der Waals surface area (Å²) >= 11 is 0. The lowest BCUT2D eigenvalue weighted by Crippen LogP contribution is -2.55. The van der Waals surface area contributed by atoms with Crippen molar-refractivity contribution in [1.82, 2.24) is 30.0 Å². The van der Waals surface area contributed by atoms with Gasteiger partial charge in [0.1, 0.15) is 11.4 Å². The Morgan fingerprint density at radius 2 is 1.57 bits per heavy atom. The number of carbonyl (C=O) groups excluding carboxylic acids is 3. The average Bonchev–Trinajstić information content (AvgIpc) is 3.49. The van der Waals surface area contributed by atoms with Gasteiger partial charge < -0.3 is 35.4 Å². The van der Waals surface area contributed by atoms with Crippen LogP contribution in [0.5, 0.6) is 0 Å². The number of morpholine rings is 1. The van der Waals surface area contributed by atoms with Gasteiger partial charge in [-0.05, 0) is 51.0 Å². The van der Waals surface area contributed by atoms with Crippen LogP contribution < -0.4 is 16.0 Å². The summed E-state index contributed by atoms with van der Waals surface area (Å²) in [6.07, 6.45) is -2.16. The zero-order valence-corrected chi connectivity index (χ0v) is 25.4. The fourth-order valence-corrected chi connectivity index (χ4v) is 5.84. The summed E-state index contributed by atoms with van der Waals surface area (Å²) in [6.45, 7) is 7.53. The Morgan fingerprint density at radius 3 is 2.20 bits per heavy atom. The summed E-state index contributed by atoms with van der Waals surface area (Å²) in [6, 6.07) is 5.88. The van der Waals surface area contributed by atoms with Gasteiger partial charge in [0.05, 0.1) is 19.1 Å². The number of alkyl halides is 3. The Bertz CT molecular complexity index is 1360. The molecular weight excluding hydrogens is 605 g/mol. The average molecular weight is 649 g/mol. The summed E-state index contributed by atoms with van der Waals surface area (Å²) in [4.78, 5) is 51.8. The number of urea groups is 1. The maximum absolute atomic E-state index is 13.8. The molecule has 2 atom stereocenters. The molecule has 0 radical (unpaired) electrons. The molecule has 1 aliphatic carbocycles. The number of rotatable bonds is 7. The molecule has 0 bridgehead atoms. The van der Waals surface area contributed by atoms with Crippen LogP contribution in [0.2, 0.25) is 0 Å². The minimum absolute atomic E-state index is 0. The maximum atomic E-state index is 13.8. The lowest BCUT2D eigenvalue weighted by Gasteiger charge is -2.38. The van der Waals surface area contributed by atoms with Crippen molar-refractivity contribution in [2.45, 2.75) is 58.8 Å². The summed E-state index contributed by atoms with van der Waals surface area (Å²) in [7, 11) is 0. The number of ether oxygens (including phenoxy) is 1. The second-order valence-corrected chi connectivity index (χ2v) is 11.8.